The molecule has 6 heterocycles. The zero-order chi connectivity index (χ0) is 28.5. The molecule has 8 rings (SSSR count). The Labute approximate surface area is 238 Å². The van der Waals surface area contributed by atoms with Gasteiger partial charge in [0.15, 0.2) is 0 Å². The van der Waals surface area contributed by atoms with E-state index in [0.717, 1.165) is 54.6 Å². The molecule has 4 aromatic rings. The van der Waals surface area contributed by atoms with Gasteiger partial charge in [-0.15, -0.1) is 0 Å². The second kappa shape index (κ2) is 9.03. The summed E-state index contributed by atoms with van der Waals surface area (Å²) in [7, 11) is 1.88. The maximum atomic E-state index is 12.7. The number of piperidine rings is 2. The lowest BCUT2D eigenvalue weighted by Gasteiger charge is -2.60. The van der Waals surface area contributed by atoms with E-state index in [-0.39, 0.29) is 23.7 Å². The van der Waals surface area contributed by atoms with E-state index in [4.69, 9.17) is 14.7 Å². The van der Waals surface area contributed by atoms with Crippen LogP contribution in [0.3, 0.4) is 0 Å². The molecular formula is C30H33N9O2. The van der Waals surface area contributed by atoms with Crippen molar-refractivity contribution in [3.8, 4) is 28.5 Å². The number of hydrogen-bond donors (Lipinski definition) is 1. The van der Waals surface area contributed by atoms with Crippen molar-refractivity contribution >= 4 is 17.4 Å². The molecule has 2 aliphatic heterocycles. The summed E-state index contributed by atoms with van der Waals surface area (Å²) in [5.74, 6) is 1.39. The van der Waals surface area contributed by atoms with Crippen molar-refractivity contribution in [1.29, 1.82) is 5.26 Å². The first kappa shape index (κ1) is 25.5. The highest BCUT2D eigenvalue weighted by atomic mass is 16.6. The second-order valence-electron chi connectivity index (χ2n) is 12.9. The summed E-state index contributed by atoms with van der Waals surface area (Å²) in [6.45, 7) is 5.89. The van der Waals surface area contributed by atoms with E-state index in [2.05, 4.69) is 26.5 Å². The molecule has 1 N–H and O–H groups in total. The predicted molar refractivity (Wildman–Crippen MR) is 152 cm³/mol. The van der Waals surface area contributed by atoms with E-state index in [9.17, 15) is 10.1 Å². The Kier molecular flexibility index (Phi) is 5.61. The Morgan fingerprint density at radius 3 is 2.46 bits per heavy atom. The van der Waals surface area contributed by atoms with Crippen molar-refractivity contribution in [2.75, 3.05) is 4.90 Å². The second-order valence-corrected chi connectivity index (χ2v) is 12.9. The summed E-state index contributed by atoms with van der Waals surface area (Å²) in [5, 5.41) is 21.4. The fraction of sp³-hybridized carbons (Fsp3) is 0.467. The summed E-state index contributed by atoms with van der Waals surface area (Å²) < 4.78 is 9.62. The Morgan fingerprint density at radius 1 is 1.05 bits per heavy atom. The minimum absolute atomic E-state index is 0.254. The van der Waals surface area contributed by atoms with Crippen LogP contribution in [0.1, 0.15) is 58.4 Å². The van der Waals surface area contributed by atoms with Crippen LogP contribution in [-0.2, 0) is 11.8 Å². The minimum Gasteiger partial charge on any atom is -0.443 e. The monoisotopic (exact) mass is 551 g/mol. The molecule has 0 unspecified atom stereocenters. The molecule has 11 heteroatoms. The summed E-state index contributed by atoms with van der Waals surface area (Å²) in [6.07, 6.45) is 15.2. The fourth-order valence-electron chi connectivity index (χ4n) is 7.30. The zero-order valence-corrected chi connectivity index (χ0v) is 23.7. The van der Waals surface area contributed by atoms with Gasteiger partial charge in [0.1, 0.15) is 17.5 Å². The first-order valence-electron chi connectivity index (χ1n) is 14.1. The molecule has 0 aromatic carbocycles. The molecule has 4 atom stereocenters. The SMILES string of the molecule is Cn1cc(-c2cc(-c3cnc(N4[C@@H]5C[C@@H]6C[C@H]4C[C@@](OC(=O)NC(C)(C)C)(C6)C5)cn3)c3c(C#N)cnn3c2)cn1. The van der Waals surface area contributed by atoms with E-state index in [1.807, 2.05) is 52.5 Å². The van der Waals surface area contributed by atoms with Gasteiger partial charge in [-0.1, -0.05) is 0 Å². The van der Waals surface area contributed by atoms with Crippen molar-refractivity contribution < 1.29 is 9.53 Å². The Hall–Kier alpha value is -4.46. The van der Waals surface area contributed by atoms with Gasteiger partial charge in [0, 0.05) is 66.6 Å². The molecule has 2 aliphatic carbocycles. The van der Waals surface area contributed by atoms with E-state index in [1.54, 1.807) is 27.8 Å². The largest absolute Gasteiger partial charge is 0.443 e. The smallest absolute Gasteiger partial charge is 0.408 e. The number of fused-ring (bicyclic) bond motifs is 1. The van der Waals surface area contributed by atoms with Gasteiger partial charge in [-0.3, -0.25) is 9.67 Å². The molecule has 2 saturated carbocycles. The number of carbonyl (C=O) groups excluding carboxylic acids is 1. The standard InChI is InChI=1S/C30H33N9O2/c1-29(2,3)36-28(40)41-30-8-18-5-22(9-30)39(23(6-18)10-30)26-15-32-25(14-33-26)24-7-19(21-13-34-37(4)16-21)17-38-27(24)20(11-31)12-35-38/h7,12-18,22-23H,5-6,8-10H2,1-4H3,(H,36,40)/t18-,22-,23+,30-. The number of aromatic nitrogens is 6. The highest BCUT2D eigenvalue weighted by Crippen LogP contribution is 2.54. The molecular weight excluding hydrogens is 518 g/mol. The highest BCUT2D eigenvalue weighted by Gasteiger charge is 2.57. The van der Waals surface area contributed by atoms with E-state index in [0.29, 0.717) is 22.7 Å². The van der Waals surface area contributed by atoms with Crippen LogP contribution < -0.4 is 10.2 Å². The number of aryl methyl sites for hydroxylation is 1. The Morgan fingerprint density at radius 2 is 1.83 bits per heavy atom. The lowest BCUT2D eigenvalue weighted by Crippen LogP contribution is -2.66. The first-order valence-corrected chi connectivity index (χ1v) is 14.1. The van der Waals surface area contributed by atoms with Gasteiger partial charge in [0.05, 0.1) is 41.6 Å². The Bertz CT molecular complexity index is 1680. The van der Waals surface area contributed by atoms with E-state index in [1.165, 1.54) is 0 Å². The van der Waals surface area contributed by atoms with Gasteiger partial charge in [0.2, 0.25) is 0 Å². The topological polar surface area (TPSA) is 126 Å². The van der Waals surface area contributed by atoms with Crippen molar-refractivity contribution in [2.24, 2.45) is 13.0 Å². The predicted octanol–water partition coefficient (Wildman–Crippen LogP) is 4.48. The number of ether oxygens (including phenoxy) is 1. The van der Waals surface area contributed by atoms with Crippen LogP contribution in [0.5, 0.6) is 0 Å². The van der Waals surface area contributed by atoms with Crippen LogP contribution in [0.25, 0.3) is 27.9 Å². The molecule has 4 bridgehead atoms. The molecule has 4 fully saturated rings. The number of carbonyl (C=O) groups is 1. The van der Waals surface area contributed by atoms with Crippen LogP contribution in [0, 0.1) is 17.2 Å². The molecule has 11 nitrogen and oxygen atoms in total. The van der Waals surface area contributed by atoms with Crippen LogP contribution >= 0.6 is 0 Å². The van der Waals surface area contributed by atoms with Crippen molar-refractivity contribution in [1.82, 2.24) is 34.7 Å². The first-order chi connectivity index (χ1) is 19.6. The molecule has 0 spiro atoms. The van der Waals surface area contributed by atoms with Crippen LogP contribution in [-0.4, -0.2) is 58.7 Å². The third-order valence-corrected chi connectivity index (χ3v) is 8.61. The number of alkyl carbamates (subject to hydrolysis) is 1. The van der Waals surface area contributed by atoms with Gasteiger partial charge in [-0.25, -0.2) is 14.3 Å². The van der Waals surface area contributed by atoms with Crippen molar-refractivity contribution in [3.63, 3.8) is 0 Å². The molecule has 4 aliphatic rings. The fourth-order valence-corrected chi connectivity index (χ4v) is 7.30. The lowest BCUT2D eigenvalue weighted by atomic mass is 9.61. The maximum absolute atomic E-state index is 12.7. The molecule has 1 amide bonds. The molecule has 4 aromatic heterocycles. The third kappa shape index (κ3) is 4.47. The molecule has 41 heavy (non-hydrogen) atoms. The van der Waals surface area contributed by atoms with Crippen LogP contribution in [0.2, 0.25) is 0 Å². The summed E-state index contributed by atoms with van der Waals surface area (Å²) >= 11 is 0. The minimum atomic E-state index is -0.413. The number of rotatable bonds is 4. The zero-order valence-electron chi connectivity index (χ0n) is 23.7. The van der Waals surface area contributed by atoms with Gasteiger partial charge in [-0.2, -0.15) is 15.5 Å². The third-order valence-electron chi connectivity index (χ3n) is 8.61. The number of nitriles is 1. The summed E-state index contributed by atoms with van der Waals surface area (Å²) in [4.78, 5) is 24.9. The number of hydrogen-bond acceptors (Lipinski definition) is 8. The van der Waals surface area contributed by atoms with Gasteiger partial charge in [0.25, 0.3) is 0 Å². The average molecular weight is 552 g/mol. The maximum Gasteiger partial charge on any atom is 0.408 e. The molecule has 0 radical (unpaired) electrons. The van der Waals surface area contributed by atoms with E-state index >= 15 is 0 Å². The van der Waals surface area contributed by atoms with E-state index < -0.39 is 5.60 Å². The highest BCUT2D eigenvalue weighted by molar-refractivity contribution is 5.86. The van der Waals surface area contributed by atoms with Crippen molar-refractivity contribution in [2.45, 2.75) is 76.1 Å². The summed E-state index contributed by atoms with van der Waals surface area (Å²) in [6, 6.07) is 4.78. The number of pyridine rings is 1. The number of nitrogens with one attached hydrogen (secondary N) is 1. The normalized spacial score (nSPS) is 25.0. The molecule has 2 saturated heterocycles. The lowest BCUT2D eigenvalue weighted by molar-refractivity contribution is -0.0945. The van der Waals surface area contributed by atoms with Crippen LogP contribution in [0.15, 0.2) is 43.2 Å². The van der Waals surface area contributed by atoms with Crippen LogP contribution in [0.4, 0.5) is 10.6 Å². The summed E-state index contributed by atoms with van der Waals surface area (Å²) in [5.41, 5.74) is 3.76. The van der Waals surface area contributed by atoms with Gasteiger partial charge < -0.3 is 15.0 Å². The number of nitrogens with zero attached hydrogens (tertiary/aromatic N) is 8. The number of anilines is 1. The van der Waals surface area contributed by atoms with Gasteiger partial charge >= 0.3 is 6.09 Å². The van der Waals surface area contributed by atoms with Gasteiger partial charge in [-0.05, 0) is 52.0 Å². The molecule has 210 valence electrons. The Balaban J connectivity index is 1.18. The van der Waals surface area contributed by atoms with Crippen molar-refractivity contribution in [3.05, 3.63) is 48.8 Å². The average Bonchev–Trinajstić information content (AvgIpc) is 3.52. The number of amides is 1. The quantitative estimate of drug-likeness (QED) is 0.394.